The SMILES string of the molecule is O=C(CCn1nnnc1CN1CCOCC1)N1CCCC1c1ccco1. The number of tetrazole rings is 1. The zero-order chi connectivity index (χ0) is 17.8. The lowest BCUT2D eigenvalue weighted by Crippen LogP contribution is -2.36. The highest BCUT2D eigenvalue weighted by molar-refractivity contribution is 5.76. The van der Waals surface area contributed by atoms with Crippen molar-refractivity contribution in [2.24, 2.45) is 0 Å². The molecule has 0 spiro atoms. The van der Waals surface area contributed by atoms with E-state index < -0.39 is 0 Å². The van der Waals surface area contributed by atoms with Gasteiger partial charge in [0.05, 0.1) is 38.6 Å². The van der Waals surface area contributed by atoms with Crippen LogP contribution in [0.1, 0.15) is 36.9 Å². The van der Waals surface area contributed by atoms with Crippen molar-refractivity contribution >= 4 is 5.91 Å². The number of aromatic nitrogens is 4. The second-order valence-corrected chi connectivity index (χ2v) is 6.72. The summed E-state index contributed by atoms with van der Waals surface area (Å²) in [6.07, 6.45) is 4.00. The number of nitrogens with zero attached hydrogens (tertiary/aromatic N) is 6. The minimum atomic E-state index is 0.0548. The van der Waals surface area contributed by atoms with Crippen LogP contribution in [0.5, 0.6) is 0 Å². The Morgan fingerprint density at radius 2 is 2.15 bits per heavy atom. The second kappa shape index (κ2) is 7.96. The molecule has 2 saturated heterocycles. The van der Waals surface area contributed by atoms with Gasteiger partial charge in [0.15, 0.2) is 5.82 Å². The van der Waals surface area contributed by atoms with E-state index in [-0.39, 0.29) is 11.9 Å². The summed E-state index contributed by atoms with van der Waals surface area (Å²) in [5.74, 6) is 1.78. The third-order valence-electron chi connectivity index (χ3n) is 5.06. The highest BCUT2D eigenvalue weighted by atomic mass is 16.5. The molecule has 0 N–H and O–H groups in total. The van der Waals surface area contributed by atoms with Crippen molar-refractivity contribution in [1.82, 2.24) is 30.0 Å². The predicted molar refractivity (Wildman–Crippen MR) is 90.9 cm³/mol. The van der Waals surface area contributed by atoms with Crippen LogP contribution in [0.3, 0.4) is 0 Å². The Morgan fingerprint density at radius 1 is 1.27 bits per heavy atom. The number of ether oxygens (including phenoxy) is 1. The number of hydrogen-bond donors (Lipinski definition) is 0. The summed E-state index contributed by atoms with van der Waals surface area (Å²) in [7, 11) is 0. The summed E-state index contributed by atoms with van der Waals surface area (Å²) in [5.41, 5.74) is 0. The van der Waals surface area contributed by atoms with E-state index in [1.54, 1.807) is 10.9 Å². The van der Waals surface area contributed by atoms with Crippen molar-refractivity contribution in [3.63, 3.8) is 0 Å². The van der Waals surface area contributed by atoms with E-state index in [9.17, 15) is 4.79 Å². The van der Waals surface area contributed by atoms with E-state index in [2.05, 4.69) is 20.4 Å². The molecular formula is C17H24N6O3. The number of morpholine rings is 1. The Bertz CT molecular complexity index is 710. The molecule has 2 aliphatic heterocycles. The van der Waals surface area contributed by atoms with Crippen LogP contribution in [0.4, 0.5) is 0 Å². The molecular weight excluding hydrogens is 336 g/mol. The molecule has 1 amide bonds. The largest absolute Gasteiger partial charge is 0.467 e. The van der Waals surface area contributed by atoms with E-state index in [1.807, 2.05) is 17.0 Å². The maximum Gasteiger partial charge on any atom is 0.225 e. The number of carbonyl (C=O) groups excluding carboxylic acids is 1. The minimum absolute atomic E-state index is 0.0548. The lowest BCUT2D eigenvalue weighted by atomic mass is 10.1. The van der Waals surface area contributed by atoms with Crippen molar-refractivity contribution in [3.05, 3.63) is 30.0 Å². The van der Waals surface area contributed by atoms with Gasteiger partial charge in [0.1, 0.15) is 5.76 Å². The molecule has 0 saturated carbocycles. The van der Waals surface area contributed by atoms with Crippen LogP contribution in [0.2, 0.25) is 0 Å². The third-order valence-corrected chi connectivity index (χ3v) is 5.06. The van der Waals surface area contributed by atoms with Gasteiger partial charge in [-0.1, -0.05) is 0 Å². The number of rotatable bonds is 6. The molecule has 1 unspecified atom stereocenters. The molecule has 2 aromatic rings. The van der Waals surface area contributed by atoms with Crippen molar-refractivity contribution in [3.8, 4) is 0 Å². The minimum Gasteiger partial charge on any atom is -0.467 e. The first-order valence-electron chi connectivity index (χ1n) is 9.19. The standard InChI is InChI=1S/C17H24N6O3/c24-17(22-6-1-3-14(22)15-4-2-10-26-15)5-7-23-16(18-19-20-23)13-21-8-11-25-12-9-21/h2,4,10,14H,1,3,5-9,11-13H2. The first-order chi connectivity index (χ1) is 12.8. The van der Waals surface area contributed by atoms with Crippen LogP contribution >= 0.6 is 0 Å². The molecule has 2 aromatic heterocycles. The Balaban J connectivity index is 1.34. The lowest BCUT2D eigenvalue weighted by Gasteiger charge is -2.26. The van der Waals surface area contributed by atoms with Crippen LogP contribution < -0.4 is 0 Å². The molecule has 4 rings (SSSR count). The van der Waals surface area contributed by atoms with Gasteiger partial charge >= 0.3 is 0 Å². The summed E-state index contributed by atoms with van der Waals surface area (Å²) in [5, 5.41) is 12.0. The van der Waals surface area contributed by atoms with Gasteiger partial charge < -0.3 is 14.1 Å². The van der Waals surface area contributed by atoms with Crippen LogP contribution in [-0.4, -0.2) is 68.8 Å². The molecule has 9 nitrogen and oxygen atoms in total. The predicted octanol–water partition coefficient (Wildman–Crippen LogP) is 0.852. The quantitative estimate of drug-likeness (QED) is 0.754. The van der Waals surface area contributed by atoms with Gasteiger partial charge in [-0.25, -0.2) is 4.68 Å². The maximum atomic E-state index is 12.7. The molecule has 0 aromatic carbocycles. The summed E-state index contributed by atoms with van der Waals surface area (Å²) in [6.45, 7) is 5.19. The molecule has 2 fully saturated rings. The Kier molecular flexibility index (Phi) is 5.26. The molecule has 0 radical (unpaired) electrons. The summed E-state index contributed by atoms with van der Waals surface area (Å²) < 4.78 is 12.6. The highest BCUT2D eigenvalue weighted by Crippen LogP contribution is 2.32. The fraction of sp³-hybridized carbons (Fsp3) is 0.647. The summed E-state index contributed by atoms with van der Waals surface area (Å²) in [6, 6.07) is 3.87. The number of amides is 1. The molecule has 1 atom stereocenters. The van der Waals surface area contributed by atoms with Gasteiger partial charge in [0.25, 0.3) is 0 Å². The highest BCUT2D eigenvalue weighted by Gasteiger charge is 2.31. The topological polar surface area (TPSA) is 89.5 Å². The first-order valence-corrected chi connectivity index (χ1v) is 9.19. The molecule has 26 heavy (non-hydrogen) atoms. The van der Waals surface area contributed by atoms with Gasteiger partial charge in [0, 0.05) is 26.1 Å². The van der Waals surface area contributed by atoms with E-state index in [1.165, 1.54) is 0 Å². The number of furan rings is 1. The van der Waals surface area contributed by atoms with Crippen LogP contribution in [0.25, 0.3) is 0 Å². The van der Waals surface area contributed by atoms with Crippen molar-refractivity contribution in [2.75, 3.05) is 32.8 Å². The number of hydrogen-bond acceptors (Lipinski definition) is 7. The fourth-order valence-corrected chi connectivity index (χ4v) is 3.66. The number of likely N-dealkylation sites (tertiary alicyclic amines) is 1. The Hall–Kier alpha value is -2.26. The normalized spacial score (nSPS) is 21.4. The van der Waals surface area contributed by atoms with Crippen molar-refractivity contribution in [2.45, 2.75) is 38.4 Å². The molecule has 9 heteroatoms. The zero-order valence-corrected chi connectivity index (χ0v) is 14.8. The van der Waals surface area contributed by atoms with Gasteiger partial charge in [0.2, 0.25) is 5.91 Å². The lowest BCUT2D eigenvalue weighted by molar-refractivity contribution is -0.132. The van der Waals surface area contributed by atoms with Crippen LogP contribution in [0, 0.1) is 0 Å². The van der Waals surface area contributed by atoms with E-state index in [4.69, 9.17) is 9.15 Å². The van der Waals surface area contributed by atoms with E-state index in [0.29, 0.717) is 19.5 Å². The molecule has 4 heterocycles. The van der Waals surface area contributed by atoms with Gasteiger partial charge in [-0.3, -0.25) is 9.69 Å². The van der Waals surface area contributed by atoms with Crippen molar-refractivity contribution < 1.29 is 13.9 Å². The zero-order valence-electron chi connectivity index (χ0n) is 14.8. The molecule has 140 valence electrons. The van der Waals surface area contributed by atoms with Crippen LogP contribution in [-0.2, 0) is 22.6 Å². The Labute approximate surface area is 151 Å². The molecule has 2 aliphatic rings. The van der Waals surface area contributed by atoms with Crippen molar-refractivity contribution in [1.29, 1.82) is 0 Å². The Morgan fingerprint density at radius 3 is 2.96 bits per heavy atom. The average Bonchev–Trinajstić information content (AvgIpc) is 3.41. The van der Waals surface area contributed by atoms with E-state index in [0.717, 1.165) is 57.3 Å². The average molecular weight is 360 g/mol. The number of aryl methyl sites for hydroxylation is 1. The van der Waals surface area contributed by atoms with Gasteiger partial charge in [-0.2, -0.15) is 0 Å². The maximum absolute atomic E-state index is 12.7. The molecule has 0 aliphatic carbocycles. The second-order valence-electron chi connectivity index (χ2n) is 6.72. The molecule has 0 bridgehead atoms. The smallest absolute Gasteiger partial charge is 0.225 e. The van der Waals surface area contributed by atoms with Crippen LogP contribution in [0.15, 0.2) is 22.8 Å². The monoisotopic (exact) mass is 360 g/mol. The summed E-state index contributed by atoms with van der Waals surface area (Å²) >= 11 is 0. The third kappa shape index (κ3) is 3.78. The van der Waals surface area contributed by atoms with Gasteiger partial charge in [-0.15, -0.1) is 5.10 Å². The summed E-state index contributed by atoms with van der Waals surface area (Å²) in [4.78, 5) is 16.9. The first kappa shape index (κ1) is 17.2. The van der Waals surface area contributed by atoms with E-state index >= 15 is 0 Å². The van der Waals surface area contributed by atoms with Gasteiger partial charge in [-0.05, 0) is 35.4 Å². The fourth-order valence-electron chi connectivity index (χ4n) is 3.66. The number of carbonyl (C=O) groups is 1.